The van der Waals surface area contributed by atoms with Crippen molar-refractivity contribution in [2.45, 2.75) is 32.9 Å². The van der Waals surface area contributed by atoms with Gasteiger partial charge in [-0.1, -0.05) is 17.7 Å². The van der Waals surface area contributed by atoms with E-state index in [4.69, 9.17) is 21.1 Å². The number of halogens is 1. The zero-order chi connectivity index (χ0) is 17.1. The van der Waals surface area contributed by atoms with E-state index >= 15 is 0 Å². The summed E-state index contributed by atoms with van der Waals surface area (Å²) < 4.78 is 11.5. The van der Waals surface area contributed by atoms with Crippen molar-refractivity contribution in [2.24, 2.45) is 0 Å². The van der Waals surface area contributed by atoms with Crippen LogP contribution in [0.4, 0.5) is 0 Å². The van der Waals surface area contributed by atoms with E-state index in [0.717, 1.165) is 29.0 Å². The standard InChI is InChI=1S/C19H20ClNO3/c1-3-23-17-9-14-7-12(2)24-18(14)10-15(17)11-21-19(22)13-5-4-6-16(20)8-13/h4-6,8-10,12H,3,7,11H2,1-2H3,(H,21,22)/t12-/m0/s1. The summed E-state index contributed by atoms with van der Waals surface area (Å²) in [7, 11) is 0. The van der Waals surface area contributed by atoms with Gasteiger partial charge in [0.25, 0.3) is 5.91 Å². The van der Waals surface area contributed by atoms with Gasteiger partial charge < -0.3 is 14.8 Å². The first-order valence-corrected chi connectivity index (χ1v) is 8.43. The second-order valence-corrected chi connectivity index (χ2v) is 6.26. The molecule has 1 atom stereocenters. The number of benzene rings is 2. The number of rotatable bonds is 5. The fourth-order valence-corrected chi connectivity index (χ4v) is 3.01. The summed E-state index contributed by atoms with van der Waals surface area (Å²) in [5.74, 6) is 1.49. The zero-order valence-corrected chi connectivity index (χ0v) is 14.5. The van der Waals surface area contributed by atoms with Gasteiger partial charge >= 0.3 is 0 Å². The van der Waals surface area contributed by atoms with E-state index in [9.17, 15) is 4.79 Å². The molecule has 0 aromatic heterocycles. The highest BCUT2D eigenvalue weighted by molar-refractivity contribution is 6.30. The summed E-state index contributed by atoms with van der Waals surface area (Å²) in [5.41, 5.74) is 2.59. The SMILES string of the molecule is CCOc1cc2c(cc1CNC(=O)c1cccc(Cl)c1)O[C@@H](C)C2. The lowest BCUT2D eigenvalue weighted by molar-refractivity contribution is 0.0950. The fraction of sp³-hybridized carbons (Fsp3) is 0.316. The van der Waals surface area contributed by atoms with E-state index in [-0.39, 0.29) is 12.0 Å². The number of carbonyl (C=O) groups is 1. The number of carbonyl (C=O) groups excluding carboxylic acids is 1. The quantitative estimate of drug-likeness (QED) is 0.891. The van der Waals surface area contributed by atoms with E-state index in [0.29, 0.717) is 23.7 Å². The maximum Gasteiger partial charge on any atom is 0.251 e. The number of fused-ring (bicyclic) bond motifs is 1. The van der Waals surface area contributed by atoms with Crippen LogP contribution in [0.1, 0.15) is 35.3 Å². The molecule has 1 aliphatic rings. The molecule has 0 radical (unpaired) electrons. The van der Waals surface area contributed by atoms with Crippen molar-refractivity contribution in [1.82, 2.24) is 5.32 Å². The van der Waals surface area contributed by atoms with Crippen LogP contribution in [0.2, 0.25) is 5.02 Å². The summed E-state index contributed by atoms with van der Waals surface area (Å²) in [4.78, 5) is 12.3. The maximum atomic E-state index is 12.3. The molecule has 1 N–H and O–H groups in total. The first-order valence-electron chi connectivity index (χ1n) is 8.06. The highest BCUT2D eigenvalue weighted by Gasteiger charge is 2.22. The lowest BCUT2D eigenvalue weighted by Crippen LogP contribution is -2.23. The van der Waals surface area contributed by atoms with Crippen LogP contribution in [-0.2, 0) is 13.0 Å². The Morgan fingerprint density at radius 2 is 2.21 bits per heavy atom. The molecule has 5 heteroatoms. The smallest absolute Gasteiger partial charge is 0.251 e. The van der Waals surface area contributed by atoms with Crippen molar-refractivity contribution in [3.8, 4) is 11.5 Å². The maximum absolute atomic E-state index is 12.3. The molecule has 0 bridgehead atoms. The van der Waals surface area contributed by atoms with Gasteiger partial charge in [-0.2, -0.15) is 0 Å². The summed E-state index contributed by atoms with van der Waals surface area (Å²) >= 11 is 5.93. The van der Waals surface area contributed by atoms with E-state index < -0.39 is 0 Å². The number of nitrogens with one attached hydrogen (secondary N) is 1. The second-order valence-electron chi connectivity index (χ2n) is 5.83. The molecule has 126 valence electrons. The molecule has 1 heterocycles. The number of amides is 1. The Labute approximate surface area is 146 Å². The minimum Gasteiger partial charge on any atom is -0.494 e. The second kappa shape index (κ2) is 7.14. The highest BCUT2D eigenvalue weighted by Crippen LogP contribution is 2.35. The molecule has 3 rings (SSSR count). The molecule has 0 fully saturated rings. The number of hydrogen-bond acceptors (Lipinski definition) is 3. The average Bonchev–Trinajstić information content (AvgIpc) is 2.91. The molecule has 2 aromatic carbocycles. The molecular formula is C19H20ClNO3. The van der Waals surface area contributed by atoms with Crippen LogP contribution in [0.5, 0.6) is 11.5 Å². The fourth-order valence-electron chi connectivity index (χ4n) is 2.82. The molecule has 0 unspecified atom stereocenters. The number of ether oxygens (including phenoxy) is 2. The summed E-state index contributed by atoms with van der Waals surface area (Å²) in [6.45, 7) is 4.93. The summed E-state index contributed by atoms with van der Waals surface area (Å²) in [6, 6.07) is 10.9. The van der Waals surface area contributed by atoms with Gasteiger partial charge in [0.15, 0.2) is 0 Å². The molecule has 2 aromatic rings. The van der Waals surface area contributed by atoms with Gasteiger partial charge in [-0.05, 0) is 44.2 Å². The third kappa shape index (κ3) is 3.65. The van der Waals surface area contributed by atoms with Crippen molar-refractivity contribution in [2.75, 3.05) is 6.61 Å². The average molecular weight is 346 g/mol. The van der Waals surface area contributed by atoms with E-state index in [1.807, 2.05) is 26.0 Å². The third-order valence-electron chi connectivity index (χ3n) is 3.91. The highest BCUT2D eigenvalue weighted by atomic mass is 35.5. The zero-order valence-electron chi connectivity index (χ0n) is 13.8. The molecule has 0 spiro atoms. The summed E-state index contributed by atoms with van der Waals surface area (Å²) in [5, 5.41) is 3.45. The topological polar surface area (TPSA) is 47.6 Å². The minimum absolute atomic E-state index is 0.172. The third-order valence-corrected chi connectivity index (χ3v) is 4.14. The van der Waals surface area contributed by atoms with Crippen LogP contribution >= 0.6 is 11.6 Å². The van der Waals surface area contributed by atoms with Crippen LogP contribution in [0, 0.1) is 0 Å². The number of hydrogen-bond donors (Lipinski definition) is 1. The Kier molecular flexibility index (Phi) is 4.95. The molecule has 0 saturated heterocycles. The first kappa shape index (κ1) is 16.7. The Bertz CT molecular complexity index is 760. The molecule has 4 nitrogen and oxygen atoms in total. The normalized spacial score (nSPS) is 15.5. The minimum atomic E-state index is -0.172. The summed E-state index contributed by atoms with van der Waals surface area (Å²) in [6.07, 6.45) is 1.05. The molecule has 24 heavy (non-hydrogen) atoms. The van der Waals surface area contributed by atoms with Crippen molar-refractivity contribution in [1.29, 1.82) is 0 Å². The van der Waals surface area contributed by atoms with Gasteiger partial charge in [-0.15, -0.1) is 0 Å². The lowest BCUT2D eigenvalue weighted by Gasteiger charge is -2.13. The first-order chi connectivity index (χ1) is 11.6. The van der Waals surface area contributed by atoms with Crippen molar-refractivity contribution >= 4 is 17.5 Å². The Morgan fingerprint density at radius 3 is 2.96 bits per heavy atom. The molecule has 1 amide bonds. The van der Waals surface area contributed by atoms with Crippen molar-refractivity contribution < 1.29 is 14.3 Å². The van der Waals surface area contributed by atoms with Gasteiger partial charge in [0.1, 0.15) is 17.6 Å². The predicted molar refractivity (Wildman–Crippen MR) is 94.0 cm³/mol. The Balaban J connectivity index is 1.77. The lowest BCUT2D eigenvalue weighted by atomic mass is 10.1. The van der Waals surface area contributed by atoms with Crippen molar-refractivity contribution in [3.05, 3.63) is 58.1 Å². The van der Waals surface area contributed by atoms with Crippen molar-refractivity contribution in [3.63, 3.8) is 0 Å². The van der Waals surface area contributed by atoms with Gasteiger partial charge in [0.2, 0.25) is 0 Å². The van der Waals surface area contributed by atoms with Gasteiger partial charge in [0, 0.05) is 34.7 Å². The van der Waals surface area contributed by atoms with Crippen LogP contribution in [-0.4, -0.2) is 18.6 Å². The van der Waals surface area contributed by atoms with Crippen LogP contribution in [0.3, 0.4) is 0 Å². The predicted octanol–water partition coefficient (Wildman–Crippen LogP) is 3.99. The molecule has 0 saturated carbocycles. The monoisotopic (exact) mass is 345 g/mol. The van der Waals surface area contributed by atoms with Crippen LogP contribution in [0.15, 0.2) is 36.4 Å². The Hall–Kier alpha value is -2.20. The van der Waals surface area contributed by atoms with Gasteiger partial charge in [0.05, 0.1) is 6.61 Å². The Morgan fingerprint density at radius 1 is 1.38 bits per heavy atom. The molecule has 0 aliphatic carbocycles. The van der Waals surface area contributed by atoms with E-state index in [1.165, 1.54) is 0 Å². The van der Waals surface area contributed by atoms with Crippen LogP contribution < -0.4 is 14.8 Å². The largest absolute Gasteiger partial charge is 0.494 e. The van der Waals surface area contributed by atoms with Gasteiger partial charge in [-0.25, -0.2) is 0 Å². The molecular weight excluding hydrogens is 326 g/mol. The molecule has 1 aliphatic heterocycles. The van der Waals surface area contributed by atoms with E-state index in [1.54, 1.807) is 24.3 Å². The van der Waals surface area contributed by atoms with Gasteiger partial charge in [-0.3, -0.25) is 4.79 Å². The van der Waals surface area contributed by atoms with Crippen LogP contribution in [0.25, 0.3) is 0 Å². The van der Waals surface area contributed by atoms with E-state index in [2.05, 4.69) is 5.32 Å².